The first kappa shape index (κ1) is 45.4. The Kier molecular flexibility index (Phi) is 15.6. The Morgan fingerprint density at radius 1 is 0.942 bits per heavy atom. The van der Waals surface area contributed by atoms with Gasteiger partial charge in [-0.15, -0.1) is 0 Å². The normalized spacial score (nSPS) is 49.6. The van der Waals surface area contributed by atoms with E-state index in [1.807, 2.05) is 51.7 Å². The molecule has 3 rings (SSSR count). The Labute approximate surface area is 312 Å². The summed E-state index contributed by atoms with van der Waals surface area (Å²) < 4.78 is 37.5. The zero-order chi connectivity index (χ0) is 39.7. The van der Waals surface area contributed by atoms with E-state index in [1.165, 1.54) is 14.0 Å². The molecule has 3 heterocycles. The van der Waals surface area contributed by atoms with E-state index in [9.17, 15) is 30.3 Å². The van der Waals surface area contributed by atoms with Crippen LogP contribution in [0.5, 0.6) is 0 Å². The molecule has 5 N–H and O–H groups in total. The zero-order valence-electron chi connectivity index (χ0n) is 34.2. The maximum Gasteiger partial charge on any atom is 0.311 e. The molecule has 0 unspecified atom stereocenters. The van der Waals surface area contributed by atoms with Crippen molar-refractivity contribution >= 4 is 5.97 Å². The van der Waals surface area contributed by atoms with Gasteiger partial charge in [0.05, 0.1) is 41.5 Å². The number of aliphatic hydroxyl groups excluding tert-OH is 3. The van der Waals surface area contributed by atoms with Gasteiger partial charge in [0, 0.05) is 38.1 Å². The fourth-order valence-corrected chi connectivity index (χ4v) is 8.74. The summed E-state index contributed by atoms with van der Waals surface area (Å²) in [5.41, 5.74) is -4.37. The molecule has 14 heteroatoms. The van der Waals surface area contributed by atoms with Crippen LogP contribution in [0.4, 0.5) is 0 Å². The smallest absolute Gasteiger partial charge is 0.311 e. The second-order valence-electron chi connectivity index (χ2n) is 17.2. The summed E-state index contributed by atoms with van der Waals surface area (Å²) in [6.07, 6.45) is -8.19. The topological polar surface area (TPSA) is 180 Å². The van der Waals surface area contributed by atoms with E-state index in [4.69, 9.17) is 28.4 Å². The molecule has 0 saturated carbocycles. The molecule has 14 nitrogen and oxygen atoms in total. The molecule has 3 aliphatic rings. The second-order valence-corrected chi connectivity index (χ2v) is 17.2. The predicted octanol–water partition coefficient (Wildman–Crippen LogP) is 1.90. The van der Waals surface area contributed by atoms with Crippen LogP contribution in [0.3, 0.4) is 0 Å². The van der Waals surface area contributed by atoms with Gasteiger partial charge in [0.15, 0.2) is 12.6 Å². The Hall–Kier alpha value is -1.01. The Bertz CT molecular complexity index is 1140. The maximum absolute atomic E-state index is 14.2. The van der Waals surface area contributed by atoms with Crippen LogP contribution in [0.1, 0.15) is 94.9 Å². The fraction of sp³-hybridized carbons (Fsp3) is 0.974. The number of cyclic esters (lactones) is 1. The van der Waals surface area contributed by atoms with E-state index in [1.54, 1.807) is 41.5 Å². The van der Waals surface area contributed by atoms with Crippen LogP contribution in [-0.4, -0.2) is 166 Å². The van der Waals surface area contributed by atoms with Crippen molar-refractivity contribution in [3.63, 3.8) is 0 Å². The van der Waals surface area contributed by atoms with Crippen molar-refractivity contribution in [2.45, 2.75) is 185 Å². The minimum Gasteiger partial charge on any atom is -0.459 e. The monoisotopic (exact) mass is 749 g/mol. The molecular weight excluding hydrogens is 676 g/mol. The molecule has 306 valence electrons. The highest BCUT2D eigenvalue weighted by Crippen LogP contribution is 2.40. The number of methoxy groups -OCH3 is 1. The van der Waals surface area contributed by atoms with E-state index in [0.717, 1.165) is 0 Å². The lowest BCUT2D eigenvalue weighted by molar-refractivity contribution is -0.318. The van der Waals surface area contributed by atoms with Crippen LogP contribution in [0.15, 0.2) is 0 Å². The van der Waals surface area contributed by atoms with Crippen molar-refractivity contribution in [2.24, 2.45) is 17.8 Å². The number of carbonyl (C=O) groups is 1. The van der Waals surface area contributed by atoms with Gasteiger partial charge >= 0.3 is 5.97 Å². The number of hydrogen-bond acceptors (Lipinski definition) is 14. The second kappa shape index (κ2) is 17.8. The van der Waals surface area contributed by atoms with Crippen molar-refractivity contribution < 1.29 is 58.7 Å². The minimum absolute atomic E-state index is 0.133. The molecule has 3 fully saturated rings. The number of ether oxygens (including phenoxy) is 6. The summed E-state index contributed by atoms with van der Waals surface area (Å²) in [5, 5.41) is 58.1. The summed E-state index contributed by atoms with van der Waals surface area (Å²) in [5.74, 6) is -2.58. The van der Waals surface area contributed by atoms with E-state index >= 15 is 0 Å². The summed E-state index contributed by atoms with van der Waals surface area (Å²) >= 11 is 0. The summed E-state index contributed by atoms with van der Waals surface area (Å²) in [4.78, 5) is 18.0. The highest BCUT2D eigenvalue weighted by atomic mass is 16.7. The highest BCUT2D eigenvalue weighted by Gasteiger charge is 2.52. The van der Waals surface area contributed by atoms with Gasteiger partial charge in [-0.1, -0.05) is 20.8 Å². The average molecular weight is 749 g/mol. The number of likely N-dealkylation sites (N-methyl/N-ethyl adjacent to an activating group) is 2. The van der Waals surface area contributed by atoms with Crippen molar-refractivity contribution in [3.8, 4) is 0 Å². The standard InChI is InChI=1S/C38H72N2O12/c1-15-27-38(10,46)31(42)24(6)40(13)19-20(2)17-36(8,45)33(52-35-29(41)26(39(11)12)16-21(3)48-35)22(4)30(23(5)34(44)50-27)51-28-18-37(9,47-14)32(43)25(7)49-28/h20-33,35,41-43,45-46H,15-19H2,1-14H3/t20-,21-,22+,23-,24-,25+,26+,27-,28+,29-,30+,31-,32+,33-,35+,36-,37+,38-/m1/s1. The molecule has 52 heavy (non-hydrogen) atoms. The van der Waals surface area contributed by atoms with Gasteiger partial charge < -0.3 is 63.8 Å². The molecule has 0 amide bonds. The molecule has 18 atom stereocenters. The molecule has 0 spiro atoms. The van der Waals surface area contributed by atoms with Gasteiger partial charge in [-0.05, 0) is 94.8 Å². The predicted molar refractivity (Wildman–Crippen MR) is 194 cm³/mol. The molecule has 0 bridgehead atoms. The van der Waals surface area contributed by atoms with Gasteiger partial charge in [0.1, 0.15) is 30.0 Å². The summed E-state index contributed by atoms with van der Waals surface area (Å²) in [6, 6.07) is -0.808. The number of carbonyl (C=O) groups excluding carboxylic acids is 1. The molecule has 0 aromatic rings. The number of nitrogens with zero attached hydrogens (tertiary/aromatic N) is 2. The summed E-state index contributed by atoms with van der Waals surface area (Å²) in [6.45, 7) is 18.0. The largest absolute Gasteiger partial charge is 0.459 e. The number of esters is 1. The van der Waals surface area contributed by atoms with Gasteiger partial charge in [-0.2, -0.15) is 0 Å². The SMILES string of the molecule is CC[C@H]1OC(=O)[C@H](C)[C@@H](O[C@H]2C[C@](C)(OC)[C@@H](O)[C@H](C)O2)[C@H](C)[C@@H](O[C@@H]2O[C@H](C)C[C@H](N(C)C)[C@H]2O)[C@](C)(O)C[C@@H](C)CN(C)[C@H](C)[C@@H](O)[C@]1(C)O. The first-order valence-electron chi connectivity index (χ1n) is 19.1. The van der Waals surface area contributed by atoms with E-state index in [2.05, 4.69) is 0 Å². The molecular formula is C38H72N2O12. The fourth-order valence-electron chi connectivity index (χ4n) is 8.74. The van der Waals surface area contributed by atoms with Crippen molar-refractivity contribution in [2.75, 3.05) is 34.8 Å². The third kappa shape index (κ3) is 10.0. The van der Waals surface area contributed by atoms with E-state index in [-0.39, 0.29) is 37.3 Å². The zero-order valence-corrected chi connectivity index (χ0v) is 34.2. The molecule has 0 radical (unpaired) electrons. The van der Waals surface area contributed by atoms with Crippen LogP contribution < -0.4 is 0 Å². The molecule has 0 aromatic heterocycles. The lowest BCUT2D eigenvalue weighted by Gasteiger charge is -2.48. The van der Waals surface area contributed by atoms with E-state index in [0.29, 0.717) is 13.0 Å². The Morgan fingerprint density at radius 2 is 1.56 bits per heavy atom. The average Bonchev–Trinajstić information content (AvgIpc) is 3.05. The Morgan fingerprint density at radius 3 is 2.12 bits per heavy atom. The molecule has 0 aromatic carbocycles. The molecule has 0 aliphatic carbocycles. The summed E-state index contributed by atoms with van der Waals surface area (Å²) in [7, 11) is 7.12. The van der Waals surface area contributed by atoms with Crippen LogP contribution in [0, 0.1) is 17.8 Å². The Balaban J connectivity index is 2.17. The molecule has 3 saturated heterocycles. The quantitative estimate of drug-likeness (QED) is 0.238. The lowest BCUT2D eigenvalue weighted by Crippen LogP contribution is -2.60. The van der Waals surface area contributed by atoms with Crippen LogP contribution in [0.2, 0.25) is 0 Å². The van der Waals surface area contributed by atoms with Gasteiger partial charge in [0.2, 0.25) is 0 Å². The highest BCUT2D eigenvalue weighted by molar-refractivity contribution is 5.73. The first-order valence-corrected chi connectivity index (χ1v) is 19.1. The minimum atomic E-state index is -1.80. The first-order chi connectivity index (χ1) is 23.9. The third-order valence-corrected chi connectivity index (χ3v) is 12.2. The maximum atomic E-state index is 14.2. The van der Waals surface area contributed by atoms with Gasteiger partial charge in [-0.3, -0.25) is 4.79 Å². The van der Waals surface area contributed by atoms with Crippen LogP contribution in [0.25, 0.3) is 0 Å². The van der Waals surface area contributed by atoms with E-state index < -0.39 is 96.0 Å². The lowest BCUT2D eigenvalue weighted by atomic mass is 9.77. The van der Waals surface area contributed by atoms with Gasteiger partial charge in [0.25, 0.3) is 0 Å². The van der Waals surface area contributed by atoms with Gasteiger partial charge in [-0.25, -0.2) is 0 Å². The third-order valence-electron chi connectivity index (χ3n) is 12.2. The van der Waals surface area contributed by atoms with Crippen molar-refractivity contribution in [1.29, 1.82) is 0 Å². The van der Waals surface area contributed by atoms with Crippen LogP contribution in [-0.2, 0) is 33.2 Å². The molecule has 3 aliphatic heterocycles. The number of rotatable bonds is 7. The van der Waals surface area contributed by atoms with Crippen molar-refractivity contribution in [1.82, 2.24) is 9.80 Å². The number of aliphatic hydroxyl groups is 5. The van der Waals surface area contributed by atoms with Crippen molar-refractivity contribution in [3.05, 3.63) is 0 Å². The van der Waals surface area contributed by atoms with Crippen LogP contribution >= 0.6 is 0 Å². The number of hydrogen-bond donors (Lipinski definition) is 5.